The molecule has 2 heterocycles. The number of aromatic nitrogens is 1. The van der Waals surface area contributed by atoms with Gasteiger partial charge in [0.2, 0.25) is 0 Å². The highest BCUT2D eigenvalue weighted by Crippen LogP contribution is 2.34. The Hall–Kier alpha value is -1.30. The van der Waals surface area contributed by atoms with Crippen LogP contribution in [0.5, 0.6) is 0 Å². The third-order valence-corrected chi connectivity index (χ3v) is 4.96. The van der Waals surface area contributed by atoms with Gasteiger partial charge in [0.1, 0.15) is 10.7 Å². The maximum Gasteiger partial charge on any atom is 0.268 e. The number of hydrogen-bond donors (Lipinski definition) is 1. The molecule has 2 N–H and O–H groups in total. The van der Waals surface area contributed by atoms with Gasteiger partial charge in [0, 0.05) is 25.7 Å². The average Bonchev–Trinajstić information content (AvgIpc) is 2.90. The molecule has 1 aliphatic rings. The number of nitrogen functional groups attached to an aromatic ring is 1. The van der Waals surface area contributed by atoms with Crippen LogP contribution in [0.4, 0.5) is 10.9 Å². The van der Waals surface area contributed by atoms with Crippen LogP contribution in [-0.4, -0.2) is 41.5 Å². The van der Waals surface area contributed by atoms with Crippen LogP contribution in [0.1, 0.15) is 43.3 Å². The molecule has 0 unspecified atom stereocenters. The number of amides is 1. The predicted molar refractivity (Wildman–Crippen MR) is 79.8 cm³/mol. The van der Waals surface area contributed by atoms with E-state index in [4.69, 9.17) is 5.73 Å². The lowest BCUT2D eigenvalue weighted by Crippen LogP contribution is -2.42. The molecule has 1 amide bonds. The lowest BCUT2D eigenvalue weighted by atomic mass is 10.0. The minimum Gasteiger partial charge on any atom is -0.382 e. The Balaban J connectivity index is 2.27. The fourth-order valence-corrected chi connectivity index (χ4v) is 3.34. The predicted octanol–water partition coefficient (Wildman–Crippen LogP) is 2.20. The van der Waals surface area contributed by atoms with E-state index in [-0.39, 0.29) is 11.4 Å². The van der Waals surface area contributed by atoms with Gasteiger partial charge in [-0.15, -0.1) is 0 Å². The van der Waals surface area contributed by atoms with Gasteiger partial charge < -0.3 is 15.5 Å². The summed E-state index contributed by atoms with van der Waals surface area (Å²) in [4.78, 5) is 21.4. The third kappa shape index (κ3) is 2.54. The second-order valence-electron chi connectivity index (χ2n) is 5.60. The molecule has 0 bridgehead atoms. The standard InChI is InChI=1S/C13H22N4OS/c1-5-16(4)12-15-10(14)9(19-12)11(18)17-8-6-7-13(17,2)3/h5-8,14H2,1-4H3. The molecular formula is C13H22N4OS. The number of hydrogen-bond acceptors (Lipinski definition) is 5. The molecule has 5 nitrogen and oxygen atoms in total. The molecule has 2 rings (SSSR count). The number of likely N-dealkylation sites (tertiary alicyclic amines) is 1. The van der Waals surface area contributed by atoms with E-state index >= 15 is 0 Å². The summed E-state index contributed by atoms with van der Waals surface area (Å²) in [5, 5.41) is 0.806. The fourth-order valence-electron chi connectivity index (χ4n) is 2.38. The summed E-state index contributed by atoms with van der Waals surface area (Å²) in [7, 11) is 1.95. The van der Waals surface area contributed by atoms with Gasteiger partial charge in [-0.05, 0) is 33.6 Å². The van der Waals surface area contributed by atoms with Gasteiger partial charge in [-0.25, -0.2) is 4.98 Å². The molecule has 1 aromatic rings. The Bertz CT molecular complexity index is 483. The van der Waals surface area contributed by atoms with Gasteiger partial charge in [-0.1, -0.05) is 11.3 Å². The van der Waals surface area contributed by atoms with E-state index in [1.54, 1.807) is 0 Å². The maximum atomic E-state index is 12.6. The summed E-state index contributed by atoms with van der Waals surface area (Å²) in [5.74, 6) is 0.376. The molecule has 1 fully saturated rings. The van der Waals surface area contributed by atoms with Crippen molar-refractivity contribution in [2.45, 2.75) is 39.2 Å². The van der Waals surface area contributed by atoms with Crippen molar-refractivity contribution in [3.63, 3.8) is 0 Å². The molecule has 1 saturated heterocycles. The van der Waals surface area contributed by atoms with Crippen LogP contribution in [0.25, 0.3) is 0 Å². The minimum absolute atomic E-state index is 0.0215. The Morgan fingerprint density at radius 3 is 2.79 bits per heavy atom. The molecule has 0 aliphatic carbocycles. The summed E-state index contributed by atoms with van der Waals surface area (Å²) in [6, 6.07) is 0. The summed E-state index contributed by atoms with van der Waals surface area (Å²) >= 11 is 1.39. The van der Waals surface area contributed by atoms with Crippen LogP contribution in [-0.2, 0) is 0 Å². The number of rotatable bonds is 3. The largest absolute Gasteiger partial charge is 0.382 e. The van der Waals surface area contributed by atoms with E-state index in [0.717, 1.165) is 31.1 Å². The fraction of sp³-hybridized carbons (Fsp3) is 0.692. The Labute approximate surface area is 118 Å². The van der Waals surface area contributed by atoms with Crippen molar-refractivity contribution in [1.82, 2.24) is 9.88 Å². The van der Waals surface area contributed by atoms with Gasteiger partial charge in [-0.2, -0.15) is 0 Å². The topological polar surface area (TPSA) is 62.5 Å². The zero-order valence-corrected chi connectivity index (χ0v) is 12.9. The van der Waals surface area contributed by atoms with Crippen molar-refractivity contribution in [2.24, 2.45) is 0 Å². The van der Waals surface area contributed by atoms with Crippen LogP contribution in [0.2, 0.25) is 0 Å². The van der Waals surface area contributed by atoms with Gasteiger partial charge in [0.25, 0.3) is 5.91 Å². The molecule has 1 aromatic heterocycles. The number of carbonyl (C=O) groups excluding carboxylic acids is 1. The van der Waals surface area contributed by atoms with Crippen LogP contribution >= 0.6 is 11.3 Å². The van der Waals surface area contributed by atoms with Gasteiger partial charge in [-0.3, -0.25) is 4.79 Å². The maximum absolute atomic E-state index is 12.6. The highest BCUT2D eigenvalue weighted by atomic mass is 32.1. The van der Waals surface area contributed by atoms with Crippen molar-refractivity contribution < 1.29 is 4.79 Å². The number of carbonyl (C=O) groups is 1. The second kappa shape index (κ2) is 5.00. The third-order valence-electron chi connectivity index (χ3n) is 3.78. The molecule has 0 saturated carbocycles. The molecule has 0 aromatic carbocycles. The number of nitrogens with two attached hydrogens (primary N) is 1. The van der Waals surface area contributed by atoms with Crippen molar-refractivity contribution in [1.29, 1.82) is 0 Å². The van der Waals surface area contributed by atoms with Gasteiger partial charge >= 0.3 is 0 Å². The first-order valence-electron chi connectivity index (χ1n) is 6.66. The van der Waals surface area contributed by atoms with Crippen LogP contribution in [0, 0.1) is 0 Å². The summed E-state index contributed by atoms with van der Waals surface area (Å²) in [6.45, 7) is 7.91. The number of nitrogens with zero attached hydrogens (tertiary/aromatic N) is 3. The van der Waals surface area contributed by atoms with Crippen molar-refractivity contribution in [2.75, 3.05) is 30.8 Å². The lowest BCUT2D eigenvalue weighted by molar-refractivity contribution is 0.0658. The normalized spacial score (nSPS) is 17.8. The van der Waals surface area contributed by atoms with Crippen molar-refractivity contribution in [3.05, 3.63) is 4.88 Å². The first-order chi connectivity index (χ1) is 8.86. The van der Waals surface area contributed by atoms with Crippen molar-refractivity contribution in [3.8, 4) is 0 Å². The van der Waals surface area contributed by atoms with Gasteiger partial charge in [0.15, 0.2) is 5.13 Å². The molecule has 0 spiro atoms. The van der Waals surface area contributed by atoms with E-state index in [2.05, 4.69) is 18.8 Å². The van der Waals surface area contributed by atoms with Crippen LogP contribution in [0.15, 0.2) is 0 Å². The van der Waals surface area contributed by atoms with Gasteiger partial charge in [0.05, 0.1) is 0 Å². The molecule has 6 heteroatoms. The monoisotopic (exact) mass is 282 g/mol. The summed E-state index contributed by atoms with van der Waals surface area (Å²) < 4.78 is 0. The molecule has 0 radical (unpaired) electrons. The zero-order valence-electron chi connectivity index (χ0n) is 12.1. The Kier molecular flexibility index (Phi) is 3.71. The number of anilines is 2. The molecule has 1 aliphatic heterocycles. The Morgan fingerprint density at radius 2 is 2.26 bits per heavy atom. The molecule has 0 atom stereocenters. The SMILES string of the molecule is CCN(C)c1nc(N)c(C(=O)N2CCCC2(C)C)s1. The average molecular weight is 282 g/mol. The molecule has 19 heavy (non-hydrogen) atoms. The van der Waals surface area contributed by atoms with E-state index in [9.17, 15) is 4.79 Å². The zero-order chi connectivity index (χ0) is 14.2. The highest BCUT2D eigenvalue weighted by molar-refractivity contribution is 7.18. The molecule has 106 valence electrons. The summed E-state index contributed by atoms with van der Waals surface area (Å²) in [5.41, 5.74) is 5.84. The summed E-state index contributed by atoms with van der Waals surface area (Å²) in [6.07, 6.45) is 2.10. The Morgan fingerprint density at radius 1 is 1.58 bits per heavy atom. The molecular weight excluding hydrogens is 260 g/mol. The minimum atomic E-state index is -0.0790. The van der Waals surface area contributed by atoms with E-state index in [1.807, 2.05) is 23.8 Å². The number of thiazole rings is 1. The second-order valence-corrected chi connectivity index (χ2v) is 6.58. The quantitative estimate of drug-likeness (QED) is 0.923. The van der Waals surface area contributed by atoms with E-state index < -0.39 is 0 Å². The first-order valence-corrected chi connectivity index (χ1v) is 7.48. The highest BCUT2D eigenvalue weighted by Gasteiger charge is 2.37. The lowest BCUT2D eigenvalue weighted by Gasteiger charge is -2.31. The van der Waals surface area contributed by atoms with E-state index in [1.165, 1.54) is 11.3 Å². The first kappa shape index (κ1) is 14.1. The van der Waals surface area contributed by atoms with Crippen LogP contribution in [0.3, 0.4) is 0 Å². The van der Waals surface area contributed by atoms with Crippen LogP contribution < -0.4 is 10.6 Å². The van der Waals surface area contributed by atoms with Crippen molar-refractivity contribution >= 4 is 28.2 Å². The smallest absolute Gasteiger partial charge is 0.268 e. The van der Waals surface area contributed by atoms with E-state index in [0.29, 0.717) is 10.7 Å².